The van der Waals surface area contributed by atoms with Gasteiger partial charge in [0.15, 0.2) is 11.5 Å². The minimum absolute atomic E-state index is 0.0518. The molecule has 1 fully saturated rings. The monoisotopic (exact) mass is 282 g/mol. The molecule has 1 aliphatic carbocycles. The predicted octanol–water partition coefficient (Wildman–Crippen LogP) is 0.989. The van der Waals surface area contributed by atoms with Crippen molar-refractivity contribution < 1.29 is 23.6 Å². The first-order valence-electron chi connectivity index (χ1n) is 6.56. The molecule has 110 valence electrons. The number of carbonyl (C=O) groups excluding carboxylic acids is 2. The third-order valence-corrected chi connectivity index (χ3v) is 2.92. The number of aromatic nitrogens is 1. The smallest absolute Gasteiger partial charge is 0.325 e. The van der Waals surface area contributed by atoms with Crippen LogP contribution in [0, 0.1) is 0 Å². The van der Waals surface area contributed by atoms with Gasteiger partial charge in [-0.05, 0) is 19.8 Å². The molecule has 7 heteroatoms. The third kappa shape index (κ3) is 3.57. The van der Waals surface area contributed by atoms with Crippen LogP contribution in [0.4, 0.5) is 0 Å². The van der Waals surface area contributed by atoms with Crippen molar-refractivity contribution >= 4 is 11.9 Å². The molecule has 0 saturated heterocycles. The van der Waals surface area contributed by atoms with Crippen molar-refractivity contribution in [3.63, 3.8) is 0 Å². The molecular formula is C13H18N2O5. The average molecular weight is 282 g/mol. The second-order valence-electron chi connectivity index (χ2n) is 4.58. The Bertz CT molecular complexity index is 481. The Balaban J connectivity index is 2.04. The molecule has 0 N–H and O–H groups in total. The summed E-state index contributed by atoms with van der Waals surface area (Å²) in [5.41, 5.74) is 0.188. The van der Waals surface area contributed by atoms with Gasteiger partial charge in [0.1, 0.15) is 13.2 Å². The second-order valence-corrected chi connectivity index (χ2v) is 4.58. The summed E-state index contributed by atoms with van der Waals surface area (Å²) >= 11 is 0. The van der Waals surface area contributed by atoms with Gasteiger partial charge in [-0.2, -0.15) is 0 Å². The van der Waals surface area contributed by atoms with Gasteiger partial charge < -0.3 is 18.9 Å². The standard InChI is InChI=1S/C13H18N2O5/c1-3-19-12(16)7-15(9-4-5-9)13(17)11-6-10(8-18-2)20-14-11/h6,9H,3-5,7-8H2,1-2H3. The SMILES string of the molecule is CCOC(=O)CN(C(=O)c1cc(COC)on1)C1CC1. The molecule has 0 atom stereocenters. The number of amides is 1. The summed E-state index contributed by atoms with van der Waals surface area (Å²) in [6.45, 7) is 2.23. The van der Waals surface area contributed by atoms with Crippen LogP contribution in [0.5, 0.6) is 0 Å². The molecule has 1 saturated carbocycles. The summed E-state index contributed by atoms with van der Waals surface area (Å²) in [5, 5.41) is 3.72. The molecule has 1 aliphatic rings. The molecule has 0 spiro atoms. The van der Waals surface area contributed by atoms with Crippen molar-refractivity contribution in [3.05, 3.63) is 17.5 Å². The quantitative estimate of drug-likeness (QED) is 0.694. The highest BCUT2D eigenvalue weighted by atomic mass is 16.5. The lowest BCUT2D eigenvalue weighted by Gasteiger charge is -2.19. The van der Waals surface area contributed by atoms with Crippen LogP contribution in [0.2, 0.25) is 0 Å². The van der Waals surface area contributed by atoms with Gasteiger partial charge in [0.05, 0.1) is 6.61 Å². The Morgan fingerprint density at radius 3 is 2.85 bits per heavy atom. The fourth-order valence-electron chi connectivity index (χ4n) is 1.87. The molecule has 1 amide bonds. The van der Waals surface area contributed by atoms with Crippen LogP contribution in [0.3, 0.4) is 0 Å². The second kappa shape index (κ2) is 6.51. The molecular weight excluding hydrogens is 264 g/mol. The minimum Gasteiger partial charge on any atom is -0.465 e. The summed E-state index contributed by atoms with van der Waals surface area (Å²) in [6, 6.07) is 1.63. The minimum atomic E-state index is -0.409. The lowest BCUT2D eigenvalue weighted by atomic mass is 10.3. The van der Waals surface area contributed by atoms with Crippen molar-refractivity contribution in [2.24, 2.45) is 0 Å². The largest absolute Gasteiger partial charge is 0.465 e. The molecule has 2 rings (SSSR count). The number of nitrogens with zero attached hydrogens (tertiary/aromatic N) is 2. The average Bonchev–Trinajstić information content (AvgIpc) is 3.15. The molecule has 20 heavy (non-hydrogen) atoms. The predicted molar refractivity (Wildman–Crippen MR) is 67.9 cm³/mol. The fraction of sp³-hybridized carbons (Fsp3) is 0.615. The van der Waals surface area contributed by atoms with E-state index in [9.17, 15) is 9.59 Å². The Kier molecular flexibility index (Phi) is 4.73. The van der Waals surface area contributed by atoms with E-state index in [1.807, 2.05) is 0 Å². The first kappa shape index (κ1) is 14.5. The highest BCUT2D eigenvalue weighted by Gasteiger charge is 2.35. The molecule has 0 aromatic carbocycles. The number of hydrogen-bond donors (Lipinski definition) is 0. The van der Waals surface area contributed by atoms with Crippen LogP contribution >= 0.6 is 0 Å². The van der Waals surface area contributed by atoms with Crippen molar-refractivity contribution in [2.75, 3.05) is 20.3 Å². The maximum Gasteiger partial charge on any atom is 0.325 e. The van der Waals surface area contributed by atoms with E-state index in [2.05, 4.69) is 5.16 Å². The Morgan fingerprint density at radius 1 is 1.50 bits per heavy atom. The molecule has 1 heterocycles. The van der Waals surface area contributed by atoms with Crippen molar-refractivity contribution in [3.8, 4) is 0 Å². The highest BCUT2D eigenvalue weighted by Crippen LogP contribution is 2.28. The summed E-state index contributed by atoms with van der Waals surface area (Å²) in [4.78, 5) is 25.4. The van der Waals surface area contributed by atoms with Gasteiger partial charge in [-0.3, -0.25) is 9.59 Å². The lowest BCUT2D eigenvalue weighted by molar-refractivity contribution is -0.144. The van der Waals surface area contributed by atoms with E-state index >= 15 is 0 Å². The van der Waals surface area contributed by atoms with Crippen LogP contribution in [0.25, 0.3) is 0 Å². The molecule has 0 radical (unpaired) electrons. The zero-order valence-electron chi connectivity index (χ0n) is 11.6. The van der Waals surface area contributed by atoms with Crippen LogP contribution in [0.1, 0.15) is 36.0 Å². The van der Waals surface area contributed by atoms with Crippen LogP contribution in [0.15, 0.2) is 10.6 Å². The van der Waals surface area contributed by atoms with Gasteiger partial charge in [0.2, 0.25) is 0 Å². The molecule has 1 aromatic rings. The van der Waals surface area contributed by atoms with Gasteiger partial charge in [0, 0.05) is 19.2 Å². The number of rotatable bonds is 7. The Hall–Kier alpha value is -1.89. The van der Waals surface area contributed by atoms with Gasteiger partial charge >= 0.3 is 5.97 Å². The topological polar surface area (TPSA) is 81.9 Å². The van der Waals surface area contributed by atoms with Gasteiger partial charge in [-0.15, -0.1) is 0 Å². The van der Waals surface area contributed by atoms with Crippen LogP contribution in [-0.4, -0.2) is 48.2 Å². The van der Waals surface area contributed by atoms with Gasteiger partial charge in [-0.1, -0.05) is 5.16 Å². The summed E-state index contributed by atoms with van der Waals surface area (Å²) in [5.74, 6) is -0.247. The number of ether oxygens (including phenoxy) is 2. The Labute approximate surface area is 116 Å². The zero-order chi connectivity index (χ0) is 14.5. The van der Waals surface area contributed by atoms with E-state index < -0.39 is 5.97 Å². The first-order valence-corrected chi connectivity index (χ1v) is 6.56. The fourth-order valence-corrected chi connectivity index (χ4v) is 1.87. The summed E-state index contributed by atoms with van der Waals surface area (Å²) in [7, 11) is 1.53. The summed E-state index contributed by atoms with van der Waals surface area (Å²) < 4.78 is 14.8. The summed E-state index contributed by atoms with van der Waals surface area (Å²) in [6.07, 6.45) is 1.79. The van der Waals surface area contributed by atoms with E-state index in [1.54, 1.807) is 6.92 Å². The molecule has 0 aliphatic heterocycles. The van der Waals surface area contributed by atoms with Crippen LogP contribution < -0.4 is 0 Å². The molecule has 1 aromatic heterocycles. The van der Waals surface area contributed by atoms with Crippen molar-refractivity contribution in [1.82, 2.24) is 10.1 Å². The Morgan fingerprint density at radius 2 is 2.25 bits per heavy atom. The normalized spacial score (nSPS) is 14.1. The first-order chi connectivity index (χ1) is 9.65. The van der Waals surface area contributed by atoms with E-state index in [4.69, 9.17) is 14.0 Å². The maximum atomic E-state index is 12.3. The number of esters is 1. The van der Waals surface area contributed by atoms with Gasteiger partial charge in [-0.25, -0.2) is 0 Å². The molecule has 0 unspecified atom stereocenters. The lowest BCUT2D eigenvalue weighted by Crippen LogP contribution is -2.38. The molecule has 0 bridgehead atoms. The van der Waals surface area contributed by atoms with Crippen LogP contribution in [-0.2, 0) is 20.9 Å². The van der Waals surface area contributed by atoms with Gasteiger partial charge in [0.25, 0.3) is 5.91 Å². The van der Waals surface area contributed by atoms with E-state index in [-0.39, 0.29) is 30.8 Å². The van der Waals surface area contributed by atoms with Crippen molar-refractivity contribution in [2.45, 2.75) is 32.4 Å². The number of carbonyl (C=O) groups is 2. The van der Waals surface area contributed by atoms with E-state index in [0.29, 0.717) is 12.4 Å². The van der Waals surface area contributed by atoms with E-state index in [0.717, 1.165) is 12.8 Å². The maximum absolute atomic E-state index is 12.3. The number of hydrogen-bond acceptors (Lipinski definition) is 6. The van der Waals surface area contributed by atoms with E-state index in [1.165, 1.54) is 18.1 Å². The molecule has 7 nitrogen and oxygen atoms in total. The third-order valence-electron chi connectivity index (χ3n) is 2.92. The van der Waals surface area contributed by atoms with Crippen molar-refractivity contribution in [1.29, 1.82) is 0 Å². The zero-order valence-corrected chi connectivity index (χ0v) is 11.6. The highest BCUT2D eigenvalue weighted by molar-refractivity contribution is 5.94. The number of methoxy groups -OCH3 is 1.